The Bertz CT molecular complexity index is 617. The molecule has 0 unspecified atom stereocenters. The lowest BCUT2D eigenvalue weighted by Crippen LogP contribution is -2.21. The Balaban J connectivity index is 2.31. The molecule has 0 spiro atoms. The molecular formula is C15H16BrNO2. The molecule has 0 fully saturated rings. The molecule has 3 nitrogen and oxygen atoms in total. The Hall–Kier alpha value is -1.55. The molecular weight excluding hydrogens is 306 g/mol. The van der Waals surface area contributed by atoms with E-state index < -0.39 is 0 Å². The van der Waals surface area contributed by atoms with Crippen molar-refractivity contribution in [2.24, 2.45) is 0 Å². The van der Waals surface area contributed by atoms with Gasteiger partial charge in [-0.1, -0.05) is 19.1 Å². The lowest BCUT2D eigenvalue weighted by molar-refractivity contribution is 0.414. The lowest BCUT2D eigenvalue weighted by Gasteiger charge is -2.09. The molecule has 1 aromatic heterocycles. The van der Waals surface area contributed by atoms with Crippen LogP contribution in [0.1, 0.15) is 18.1 Å². The fourth-order valence-electron chi connectivity index (χ4n) is 1.90. The van der Waals surface area contributed by atoms with Gasteiger partial charge in [-0.05, 0) is 51.7 Å². The van der Waals surface area contributed by atoms with Gasteiger partial charge in [-0.25, -0.2) is 0 Å². The average Bonchev–Trinajstić information content (AvgIpc) is 2.44. The number of benzene rings is 1. The minimum absolute atomic E-state index is 0.00646. The van der Waals surface area contributed by atoms with E-state index in [1.807, 2.05) is 36.5 Å². The molecule has 1 heterocycles. The summed E-state index contributed by atoms with van der Waals surface area (Å²) in [6.45, 7) is 2.64. The fraction of sp³-hybridized carbons (Fsp3) is 0.267. The smallest absolute Gasteiger partial charge is 0.265 e. The van der Waals surface area contributed by atoms with Gasteiger partial charge in [0, 0.05) is 6.20 Å². The van der Waals surface area contributed by atoms with Crippen LogP contribution in [0.15, 0.2) is 45.8 Å². The predicted molar refractivity (Wildman–Crippen MR) is 79.9 cm³/mol. The normalized spacial score (nSPS) is 10.5. The monoisotopic (exact) mass is 321 g/mol. The summed E-state index contributed by atoms with van der Waals surface area (Å²) < 4.78 is 7.46. The molecule has 2 rings (SSSR count). The van der Waals surface area contributed by atoms with Crippen LogP contribution in [0.4, 0.5) is 0 Å². The Morgan fingerprint density at radius 3 is 2.47 bits per heavy atom. The van der Waals surface area contributed by atoms with Crippen LogP contribution in [0.25, 0.3) is 0 Å². The first-order valence-electron chi connectivity index (χ1n) is 6.16. The van der Waals surface area contributed by atoms with E-state index in [-0.39, 0.29) is 5.56 Å². The summed E-state index contributed by atoms with van der Waals surface area (Å²) in [5, 5.41) is 0. The summed E-state index contributed by atoms with van der Waals surface area (Å²) in [5.41, 5.74) is 2.20. The number of pyridine rings is 1. The van der Waals surface area contributed by atoms with E-state index >= 15 is 0 Å². The third-order valence-electron chi connectivity index (χ3n) is 3.02. The number of halogens is 1. The Morgan fingerprint density at radius 2 is 1.89 bits per heavy atom. The average molecular weight is 322 g/mol. The second-order valence-electron chi connectivity index (χ2n) is 4.33. The summed E-state index contributed by atoms with van der Waals surface area (Å²) >= 11 is 3.32. The molecule has 19 heavy (non-hydrogen) atoms. The first-order valence-corrected chi connectivity index (χ1v) is 6.95. The predicted octanol–water partition coefficient (Wildman–Crippen LogP) is 3.23. The van der Waals surface area contributed by atoms with E-state index in [0.717, 1.165) is 23.3 Å². The van der Waals surface area contributed by atoms with Gasteiger partial charge in [-0.3, -0.25) is 4.79 Å². The van der Waals surface area contributed by atoms with Crippen LogP contribution in [-0.4, -0.2) is 11.7 Å². The number of nitrogens with zero attached hydrogens (tertiary/aromatic N) is 1. The number of methoxy groups -OCH3 is 1. The minimum Gasteiger partial charge on any atom is -0.497 e. The molecule has 0 amide bonds. The van der Waals surface area contributed by atoms with Crippen LogP contribution in [0.2, 0.25) is 0 Å². The Kier molecular flexibility index (Phi) is 4.43. The van der Waals surface area contributed by atoms with Crippen LogP contribution in [0.5, 0.6) is 5.75 Å². The van der Waals surface area contributed by atoms with Crippen molar-refractivity contribution in [3.8, 4) is 5.75 Å². The number of hydrogen-bond donors (Lipinski definition) is 0. The van der Waals surface area contributed by atoms with Crippen molar-refractivity contribution in [3.63, 3.8) is 0 Å². The van der Waals surface area contributed by atoms with Crippen molar-refractivity contribution in [1.29, 1.82) is 0 Å². The van der Waals surface area contributed by atoms with E-state index in [2.05, 4.69) is 22.9 Å². The van der Waals surface area contributed by atoms with Gasteiger partial charge in [0.1, 0.15) is 5.75 Å². The molecule has 0 aliphatic carbocycles. The summed E-state index contributed by atoms with van der Waals surface area (Å²) in [4.78, 5) is 12.1. The van der Waals surface area contributed by atoms with Gasteiger partial charge in [0.05, 0.1) is 18.1 Å². The van der Waals surface area contributed by atoms with Crippen molar-refractivity contribution in [1.82, 2.24) is 4.57 Å². The molecule has 0 N–H and O–H groups in total. The van der Waals surface area contributed by atoms with Crippen molar-refractivity contribution in [3.05, 3.63) is 62.5 Å². The first-order chi connectivity index (χ1) is 9.13. The van der Waals surface area contributed by atoms with Gasteiger partial charge in [0.15, 0.2) is 0 Å². The lowest BCUT2D eigenvalue weighted by atomic mass is 10.2. The Labute approximate surface area is 121 Å². The Morgan fingerprint density at radius 1 is 1.21 bits per heavy atom. The quantitative estimate of drug-likeness (QED) is 0.865. The third-order valence-corrected chi connectivity index (χ3v) is 3.59. The zero-order chi connectivity index (χ0) is 13.8. The van der Waals surface area contributed by atoms with Gasteiger partial charge < -0.3 is 9.30 Å². The summed E-state index contributed by atoms with van der Waals surface area (Å²) in [6.07, 6.45) is 2.82. The molecule has 0 bridgehead atoms. The maximum absolute atomic E-state index is 12.1. The molecule has 100 valence electrons. The largest absolute Gasteiger partial charge is 0.497 e. The second-order valence-corrected chi connectivity index (χ2v) is 5.19. The highest BCUT2D eigenvalue weighted by molar-refractivity contribution is 9.10. The molecule has 0 radical (unpaired) electrons. The molecule has 0 saturated heterocycles. The van der Waals surface area contributed by atoms with E-state index in [1.165, 1.54) is 0 Å². The van der Waals surface area contributed by atoms with Crippen LogP contribution < -0.4 is 10.3 Å². The van der Waals surface area contributed by atoms with Gasteiger partial charge >= 0.3 is 0 Å². The van der Waals surface area contributed by atoms with E-state index in [1.54, 1.807) is 11.7 Å². The summed E-state index contributed by atoms with van der Waals surface area (Å²) in [5.74, 6) is 0.819. The highest BCUT2D eigenvalue weighted by Crippen LogP contribution is 2.13. The minimum atomic E-state index is -0.00646. The highest BCUT2D eigenvalue weighted by atomic mass is 79.9. The molecule has 4 heteroatoms. The number of ether oxygens (including phenoxy) is 1. The van der Waals surface area contributed by atoms with Crippen LogP contribution in [0.3, 0.4) is 0 Å². The molecule has 0 aliphatic rings. The molecule has 0 atom stereocenters. The van der Waals surface area contributed by atoms with Crippen LogP contribution in [-0.2, 0) is 13.0 Å². The van der Waals surface area contributed by atoms with Crippen molar-refractivity contribution >= 4 is 15.9 Å². The van der Waals surface area contributed by atoms with Crippen molar-refractivity contribution in [2.75, 3.05) is 7.11 Å². The van der Waals surface area contributed by atoms with Crippen molar-refractivity contribution < 1.29 is 4.74 Å². The van der Waals surface area contributed by atoms with E-state index in [4.69, 9.17) is 4.74 Å². The number of aryl methyl sites for hydroxylation is 1. The summed E-state index contributed by atoms with van der Waals surface area (Å²) in [7, 11) is 1.64. The number of aromatic nitrogens is 1. The van der Waals surface area contributed by atoms with Crippen LogP contribution >= 0.6 is 15.9 Å². The van der Waals surface area contributed by atoms with Gasteiger partial charge in [-0.2, -0.15) is 0 Å². The van der Waals surface area contributed by atoms with Gasteiger partial charge in [-0.15, -0.1) is 0 Å². The standard InChI is InChI=1S/C15H16BrNO2/c1-3-11-8-14(16)15(18)17(9-11)10-12-4-6-13(19-2)7-5-12/h4-9H,3,10H2,1-2H3. The molecule has 0 aliphatic heterocycles. The summed E-state index contributed by atoms with van der Waals surface area (Å²) in [6, 6.07) is 9.63. The molecule has 0 saturated carbocycles. The number of hydrogen-bond acceptors (Lipinski definition) is 2. The maximum atomic E-state index is 12.1. The molecule has 2 aromatic rings. The van der Waals surface area contributed by atoms with Crippen molar-refractivity contribution in [2.45, 2.75) is 19.9 Å². The first kappa shape index (κ1) is 13.9. The molecule has 1 aromatic carbocycles. The maximum Gasteiger partial charge on any atom is 0.265 e. The fourth-order valence-corrected chi connectivity index (χ4v) is 2.42. The highest BCUT2D eigenvalue weighted by Gasteiger charge is 2.04. The SMILES string of the molecule is CCc1cc(Br)c(=O)n(Cc2ccc(OC)cc2)c1. The van der Waals surface area contributed by atoms with E-state index in [0.29, 0.717) is 11.0 Å². The number of rotatable bonds is 4. The second kappa shape index (κ2) is 6.06. The van der Waals surface area contributed by atoms with Gasteiger partial charge in [0.2, 0.25) is 0 Å². The van der Waals surface area contributed by atoms with E-state index in [9.17, 15) is 4.79 Å². The third kappa shape index (κ3) is 3.26. The zero-order valence-electron chi connectivity index (χ0n) is 11.0. The van der Waals surface area contributed by atoms with Crippen LogP contribution in [0, 0.1) is 0 Å². The van der Waals surface area contributed by atoms with Gasteiger partial charge in [0.25, 0.3) is 5.56 Å². The topological polar surface area (TPSA) is 31.2 Å². The zero-order valence-corrected chi connectivity index (χ0v) is 12.6.